The van der Waals surface area contributed by atoms with E-state index in [4.69, 9.17) is 4.74 Å². The van der Waals surface area contributed by atoms with E-state index in [0.29, 0.717) is 31.8 Å². The van der Waals surface area contributed by atoms with Crippen molar-refractivity contribution in [2.75, 3.05) is 7.05 Å². The van der Waals surface area contributed by atoms with Crippen molar-refractivity contribution in [3.8, 4) is 5.75 Å². The van der Waals surface area contributed by atoms with Crippen molar-refractivity contribution in [3.05, 3.63) is 100 Å². The fourth-order valence-corrected chi connectivity index (χ4v) is 4.53. The van der Waals surface area contributed by atoms with Crippen molar-refractivity contribution in [2.45, 2.75) is 13.2 Å². The molecule has 0 fully saturated rings. The van der Waals surface area contributed by atoms with E-state index >= 15 is 0 Å². The monoisotopic (exact) mass is 448 g/mol. The first-order valence-corrected chi connectivity index (χ1v) is 10.9. The highest BCUT2D eigenvalue weighted by Crippen LogP contribution is 2.34. The van der Waals surface area contributed by atoms with E-state index in [0.717, 1.165) is 5.56 Å². The molecule has 0 spiro atoms. The summed E-state index contributed by atoms with van der Waals surface area (Å²) in [5.41, 5.74) is 1.82. The fraction of sp³-hybridized carbons (Fsp3) is 0.120. The number of nitrogens with one attached hydrogen (secondary N) is 2. The second-order valence-electron chi connectivity index (χ2n) is 7.09. The number of para-hydroxylation sites is 1. The zero-order valence-electron chi connectivity index (χ0n) is 17.4. The summed E-state index contributed by atoms with van der Waals surface area (Å²) in [6, 6.07) is 21.0. The minimum atomic E-state index is -0.386. The third-order valence-electron chi connectivity index (χ3n) is 4.97. The number of hydrogen-bond donors (Lipinski definition) is 2. The molecule has 7 heteroatoms. The molecule has 2 amide bonds. The number of carbonyl (C=O) groups excluding carboxylic acids is 2. The van der Waals surface area contributed by atoms with Crippen molar-refractivity contribution >= 4 is 33.2 Å². The van der Waals surface area contributed by atoms with Gasteiger partial charge in [0.2, 0.25) is 0 Å². The maximum absolute atomic E-state index is 14.6. The van der Waals surface area contributed by atoms with Gasteiger partial charge in [-0.2, -0.15) is 0 Å². The number of halogens is 1. The molecule has 32 heavy (non-hydrogen) atoms. The average molecular weight is 449 g/mol. The normalized spacial score (nSPS) is 10.7. The van der Waals surface area contributed by atoms with Crippen LogP contribution < -0.4 is 15.4 Å². The largest absolute Gasteiger partial charge is 0.489 e. The molecule has 4 aromatic rings. The summed E-state index contributed by atoms with van der Waals surface area (Å²) in [5.74, 6) is -0.260. The topological polar surface area (TPSA) is 67.4 Å². The van der Waals surface area contributed by atoms with Crippen molar-refractivity contribution in [1.29, 1.82) is 0 Å². The summed E-state index contributed by atoms with van der Waals surface area (Å²) in [6.45, 7) is 0.305. The van der Waals surface area contributed by atoms with E-state index in [2.05, 4.69) is 10.6 Å². The Bertz CT molecular complexity index is 1270. The molecule has 0 saturated heterocycles. The SMILES string of the molecule is CNC(=O)c1cccc(CNC(=O)c2sc3cccc(F)c3c2COc2ccccc2)c1. The summed E-state index contributed by atoms with van der Waals surface area (Å²) in [5, 5.41) is 5.86. The van der Waals surface area contributed by atoms with Crippen molar-refractivity contribution in [2.24, 2.45) is 0 Å². The van der Waals surface area contributed by atoms with Gasteiger partial charge in [0, 0.05) is 34.8 Å². The first kappa shape index (κ1) is 21.5. The Balaban J connectivity index is 1.58. The van der Waals surface area contributed by atoms with Crippen LogP contribution in [0.2, 0.25) is 0 Å². The summed E-state index contributed by atoms with van der Waals surface area (Å²) in [7, 11) is 1.57. The maximum Gasteiger partial charge on any atom is 0.262 e. The molecule has 0 atom stereocenters. The molecule has 0 aliphatic heterocycles. The van der Waals surface area contributed by atoms with Crippen LogP contribution >= 0.6 is 11.3 Å². The zero-order valence-corrected chi connectivity index (χ0v) is 18.2. The van der Waals surface area contributed by atoms with E-state index < -0.39 is 0 Å². The summed E-state index contributed by atoms with van der Waals surface area (Å²) in [4.78, 5) is 25.3. The van der Waals surface area contributed by atoms with E-state index in [1.54, 1.807) is 37.4 Å². The van der Waals surface area contributed by atoms with E-state index in [-0.39, 0.29) is 30.8 Å². The van der Waals surface area contributed by atoms with Crippen LogP contribution in [0.3, 0.4) is 0 Å². The number of benzene rings is 3. The molecular weight excluding hydrogens is 427 g/mol. The second-order valence-corrected chi connectivity index (χ2v) is 8.14. The Hall–Kier alpha value is -3.71. The Labute approximate surface area is 188 Å². The predicted molar refractivity (Wildman–Crippen MR) is 124 cm³/mol. The zero-order chi connectivity index (χ0) is 22.5. The molecule has 0 aliphatic carbocycles. The van der Waals surface area contributed by atoms with Gasteiger partial charge < -0.3 is 15.4 Å². The summed E-state index contributed by atoms with van der Waals surface area (Å²) < 4.78 is 21.2. The van der Waals surface area contributed by atoms with Crippen LogP contribution in [0.1, 0.15) is 31.2 Å². The molecule has 0 radical (unpaired) electrons. The van der Waals surface area contributed by atoms with Gasteiger partial charge in [-0.25, -0.2) is 4.39 Å². The third-order valence-corrected chi connectivity index (χ3v) is 6.16. The number of amides is 2. The van der Waals surface area contributed by atoms with E-state index in [1.807, 2.05) is 36.4 Å². The van der Waals surface area contributed by atoms with Crippen LogP contribution in [0.15, 0.2) is 72.8 Å². The number of thiophene rings is 1. The number of fused-ring (bicyclic) bond motifs is 1. The quantitative estimate of drug-likeness (QED) is 0.422. The Morgan fingerprint density at radius 1 is 0.969 bits per heavy atom. The summed E-state index contributed by atoms with van der Waals surface area (Å²) >= 11 is 1.23. The van der Waals surface area contributed by atoms with Crippen LogP contribution in [0.5, 0.6) is 5.75 Å². The highest BCUT2D eigenvalue weighted by molar-refractivity contribution is 7.21. The van der Waals surface area contributed by atoms with Crippen LogP contribution in [0.25, 0.3) is 10.1 Å². The Kier molecular flexibility index (Phi) is 6.47. The minimum Gasteiger partial charge on any atom is -0.489 e. The highest BCUT2D eigenvalue weighted by Gasteiger charge is 2.21. The molecule has 3 aromatic carbocycles. The molecule has 0 aliphatic rings. The smallest absolute Gasteiger partial charge is 0.262 e. The van der Waals surface area contributed by atoms with Gasteiger partial charge in [0.1, 0.15) is 18.2 Å². The number of ether oxygens (including phenoxy) is 1. The first-order chi connectivity index (χ1) is 15.6. The highest BCUT2D eigenvalue weighted by atomic mass is 32.1. The van der Waals surface area contributed by atoms with Gasteiger partial charge in [-0.1, -0.05) is 36.4 Å². The van der Waals surface area contributed by atoms with Crippen LogP contribution in [0, 0.1) is 5.82 Å². The fourth-order valence-electron chi connectivity index (χ4n) is 3.39. The second kappa shape index (κ2) is 9.62. The van der Waals surface area contributed by atoms with E-state index in [9.17, 15) is 14.0 Å². The lowest BCUT2D eigenvalue weighted by Gasteiger charge is -2.10. The van der Waals surface area contributed by atoms with Gasteiger partial charge in [-0.3, -0.25) is 9.59 Å². The van der Waals surface area contributed by atoms with Crippen molar-refractivity contribution in [1.82, 2.24) is 10.6 Å². The molecule has 5 nitrogen and oxygen atoms in total. The van der Waals surface area contributed by atoms with Crippen LogP contribution in [-0.2, 0) is 13.2 Å². The molecular formula is C25H21FN2O3S. The van der Waals surface area contributed by atoms with Gasteiger partial charge >= 0.3 is 0 Å². The molecule has 0 saturated carbocycles. The molecule has 162 valence electrons. The third kappa shape index (κ3) is 4.63. The molecule has 0 unspecified atom stereocenters. The van der Waals surface area contributed by atoms with Gasteiger partial charge in [-0.05, 0) is 42.0 Å². The minimum absolute atomic E-state index is 0.0693. The number of carbonyl (C=O) groups is 2. The molecule has 4 rings (SSSR count). The standard InChI is InChI=1S/C25H21FN2O3S/c1-27-24(29)17-8-5-7-16(13-17)14-28-25(30)23-19(15-31-18-9-3-2-4-10-18)22-20(26)11-6-12-21(22)32-23/h2-13H,14-15H2,1H3,(H,27,29)(H,28,30). The molecule has 1 aromatic heterocycles. The number of rotatable bonds is 7. The lowest BCUT2D eigenvalue weighted by atomic mass is 10.1. The lowest BCUT2D eigenvalue weighted by molar-refractivity contribution is 0.0950. The Morgan fingerprint density at radius 3 is 2.53 bits per heavy atom. The first-order valence-electron chi connectivity index (χ1n) is 10.0. The van der Waals surface area contributed by atoms with Crippen LogP contribution in [-0.4, -0.2) is 18.9 Å². The van der Waals surface area contributed by atoms with Gasteiger partial charge in [0.15, 0.2) is 0 Å². The molecule has 0 bridgehead atoms. The predicted octanol–water partition coefficient (Wildman–Crippen LogP) is 4.91. The molecule has 1 heterocycles. The maximum atomic E-state index is 14.6. The number of hydrogen-bond acceptors (Lipinski definition) is 4. The lowest BCUT2D eigenvalue weighted by Crippen LogP contribution is -2.23. The van der Waals surface area contributed by atoms with Gasteiger partial charge in [0.25, 0.3) is 11.8 Å². The van der Waals surface area contributed by atoms with Crippen molar-refractivity contribution in [3.63, 3.8) is 0 Å². The summed E-state index contributed by atoms with van der Waals surface area (Å²) in [6.07, 6.45) is 0. The molecule has 2 N–H and O–H groups in total. The van der Waals surface area contributed by atoms with Crippen molar-refractivity contribution < 1.29 is 18.7 Å². The Morgan fingerprint density at radius 2 is 1.75 bits per heavy atom. The van der Waals surface area contributed by atoms with Gasteiger partial charge in [0.05, 0.1) is 4.88 Å². The van der Waals surface area contributed by atoms with E-state index in [1.165, 1.54) is 17.4 Å². The average Bonchev–Trinajstić information content (AvgIpc) is 3.21. The van der Waals surface area contributed by atoms with Crippen LogP contribution in [0.4, 0.5) is 4.39 Å². The van der Waals surface area contributed by atoms with Gasteiger partial charge in [-0.15, -0.1) is 11.3 Å².